The maximum Gasteiger partial charge on any atom is 0.191 e. The van der Waals surface area contributed by atoms with Crippen molar-refractivity contribution >= 4 is 23.4 Å². The third-order valence-electron chi connectivity index (χ3n) is 3.93. The van der Waals surface area contributed by atoms with Crippen molar-refractivity contribution < 1.29 is 0 Å². The molecule has 0 spiro atoms. The van der Waals surface area contributed by atoms with Gasteiger partial charge in [0.1, 0.15) is 11.6 Å². The molecule has 1 aromatic rings. The van der Waals surface area contributed by atoms with Gasteiger partial charge in [0.2, 0.25) is 0 Å². The largest absolute Gasteiger partial charge is 0.370 e. The molecule has 0 amide bonds. The van der Waals surface area contributed by atoms with E-state index in [0.29, 0.717) is 6.04 Å². The Morgan fingerprint density at radius 3 is 2.65 bits per heavy atom. The molecule has 0 aromatic carbocycles. The molecule has 2 N–H and O–H groups in total. The molecule has 1 atom stereocenters. The second-order valence-corrected chi connectivity index (χ2v) is 6.30. The van der Waals surface area contributed by atoms with Gasteiger partial charge in [-0.25, -0.2) is 9.97 Å². The predicted molar refractivity (Wildman–Crippen MR) is 87.6 cm³/mol. The van der Waals surface area contributed by atoms with Gasteiger partial charge in [0, 0.05) is 18.7 Å². The van der Waals surface area contributed by atoms with Crippen LogP contribution in [0.15, 0.2) is 11.2 Å². The molecular weight excluding hydrogens is 268 g/mol. The summed E-state index contributed by atoms with van der Waals surface area (Å²) < 4.78 is 0. The van der Waals surface area contributed by atoms with Gasteiger partial charge in [0.25, 0.3) is 0 Å². The van der Waals surface area contributed by atoms with Gasteiger partial charge in [-0.2, -0.15) is 0 Å². The molecule has 1 heterocycles. The van der Waals surface area contributed by atoms with Crippen LogP contribution in [-0.2, 0) is 0 Å². The van der Waals surface area contributed by atoms with Crippen LogP contribution in [0.4, 0.5) is 11.6 Å². The van der Waals surface area contributed by atoms with Gasteiger partial charge in [-0.05, 0) is 38.4 Å². The number of thioether (sulfide) groups is 1. The molecular formula is C15H26N4S. The minimum atomic E-state index is 0.487. The van der Waals surface area contributed by atoms with Gasteiger partial charge in [-0.3, -0.25) is 0 Å². The second kappa shape index (κ2) is 7.72. The second-order valence-electron chi connectivity index (χ2n) is 5.53. The molecule has 1 aliphatic rings. The van der Waals surface area contributed by atoms with Crippen LogP contribution < -0.4 is 10.6 Å². The van der Waals surface area contributed by atoms with Gasteiger partial charge in [0.15, 0.2) is 5.16 Å². The standard InChI is InChI=1S/C15H26N4S/c1-4-9-16-13-10-14(19-15(18-13)20-3)17-11(2)12-7-5-6-8-12/h10-12H,4-9H2,1-3H3,(H2,16,17,18,19). The lowest BCUT2D eigenvalue weighted by atomic mass is 10.00. The maximum absolute atomic E-state index is 4.57. The molecule has 0 bridgehead atoms. The Morgan fingerprint density at radius 2 is 2.00 bits per heavy atom. The Balaban J connectivity index is 2.04. The summed E-state index contributed by atoms with van der Waals surface area (Å²) in [5, 5.41) is 7.74. The molecule has 20 heavy (non-hydrogen) atoms. The number of hydrogen-bond acceptors (Lipinski definition) is 5. The van der Waals surface area contributed by atoms with E-state index in [4.69, 9.17) is 0 Å². The normalized spacial score (nSPS) is 17.1. The van der Waals surface area contributed by atoms with E-state index in [2.05, 4.69) is 34.4 Å². The minimum absolute atomic E-state index is 0.487. The Hall–Kier alpha value is -0.970. The van der Waals surface area contributed by atoms with E-state index in [1.807, 2.05) is 12.3 Å². The van der Waals surface area contributed by atoms with Crippen molar-refractivity contribution in [2.45, 2.75) is 57.1 Å². The van der Waals surface area contributed by atoms with Crippen molar-refractivity contribution in [2.24, 2.45) is 5.92 Å². The first-order valence-electron chi connectivity index (χ1n) is 7.66. The van der Waals surface area contributed by atoms with Crippen molar-refractivity contribution in [3.63, 3.8) is 0 Å². The molecule has 1 fully saturated rings. The van der Waals surface area contributed by atoms with Crippen molar-refractivity contribution in [1.82, 2.24) is 9.97 Å². The van der Waals surface area contributed by atoms with Crippen LogP contribution in [0, 0.1) is 5.92 Å². The van der Waals surface area contributed by atoms with E-state index in [1.54, 1.807) is 11.8 Å². The van der Waals surface area contributed by atoms with Crippen LogP contribution in [-0.4, -0.2) is 28.8 Å². The molecule has 4 nitrogen and oxygen atoms in total. The maximum atomic E-state index is 4.57. The highest BCUT2D eigenvalue weighted by molar-refractivity contribution is 7.98. The average Bonchev–Trinajstić information content (AvgIpc) is 2.99. The highest BCUT2D eigenvalue weighted by atomic mass is 32.2. The van der Waals surface area contributed by atoms with Crippen molar-refractivity contribution in [2.75, 3.05) is 23.4 Å². The van der Waals surface area contributed by atoms with Gasteiger partial charge >= 0.3 is 0 Å². The highest BCUT2D eigenvalue weighted by Gasteiger charge is 2.21. The SMILES string of the molecule is CCCNc1cc(NC(C)C2CCCC2)nc(SC)n1. The first kappa shape index (κ1) is 15.4. The van der Waals surface area contributed by atoms with E-state index >= 15 is 0 Å². The smallest absolute Gasteiger partial charge is 0.191 e. The third kappa shape index (κ3) is 4.27. The topological polar surface area (TPSA) is 49.8 Å². The number of hydrogen-bond donors (Lipinski definition) is 2. The van der Waals surface area contributed by atoms with Crippen LogP contribution in [0.3, 0.4) is 0 Å². The van der Waals surface area contributed by atoms with Crippen molar-refractivity contribution in [1.29, 1.82) is 0 Å². The van der Waals surface area contributed by atoms with Gasteiger partial charge in [0.05, 0.1) is 0 Å². The average molecular weight is 294 g/mol. The first-order valence-corrected chi connectivity index (χ1v) is 8.89. The van der Waals surface area contributed by atoms with Crippen LogP contribution in [0.25, 0.3) is 0 Å². The first-order chi connectivity index (χ1) is 9.72. The zero-order chi connectivity index (χ0) is 14.4. The molecule has 1 aromatic heterocycles. The molecule has 0 saturated heterocycles. The molecule has 1 saturated carbocycles. The zero-order valence-corrected chi connectivity index (χ0v) is 13.6. The summed E-state index contributed by atoms with van der Waals surface area (Å²) in [6, 6.07) is 2.52. The van der Waals surface area contributed by atoms with Gasteiger partial charge in [-0.1, -0.05) is 31.5 Å². The van der Waals surface area contributed by atoms with Crippen LogP contribution in [0.1, 0.15) is 46.0 Å². The zero-order valence-electron chi connectivity index (χ0n) is 12.8. The number of anilines is 2. The summed E-state index contributed by atoms with van der Waals surface area (Å²) in [7, 11) is 0. The minimum Gasteiger partial charge on any atom is -0.370 e. The fraction of sp³-hybridized carbons (Fsp3) is 0.733. The predicted octanol–water partition coefficient (Wildman–Crippen LogP) is 4.01. The van der Waals surface area contributed by atoms with E-state index in [9.17, 15) is 0 Å². The summed E-state index contributed by atoms with van der Waals surface area (Å²) in [5.41, 5.74) is 0. The van der Waals surface area contributed by atoms with Crippen LogP contribution in [0.2, 0.25) is 0 Å². The molecule has 1 unspecified atom stereocenters. The lowest BCUT2D eigenvalue weighted by molar-refractivity contribution is 0.481. The molecule has 0 radical (unpaired) electrons. The van der Waals surface area contributed by atoms with Crippen LogP contribution >= 0.6 is 11.8 Å². The van der Waals surface area contributed by atoms with Gasteiger partial charge in [-0.15, -0.1) is 0 Å². The fourth-order valence-corrected chi connectivity index (χ4v) is 3.12. The Labute approximate surface area is 126 Å². The highest BCUT2D eigenvalue weighted by Crippen LogP contribution is 2.29. The number of aromatic nitrogens is 2. The molecule has 5 heteroatoms. The monoisotopic (exact) mass is 294 g/mol. The molecule has 1 aliphatic carbocycles. The molecule has 0 aliphatic heterocycles. The van der Waals surface area contributed by atoms with Crippen LogP contribution in [0.5, 0.6) is 0 Å². The number of nitrogens with one attached hydrogen (secondary N) is 2. The Bertz CT molecular complexity index is 418. The summed E-state index contributed by atoms with van der Waals surface area (Å²) in [6.45, 7) is 5.38. The Morgan fingerprint density at radius 1 is 1.30 bits per heavy atom. The van der Waals surface area contributed by atoms with Crippen molar-refractivity contribution in [3.05, 3.63) is 6.07 Å². The lowest BCUT2D eigenvalue weighted by Crippen LogP contribution is -2.24. The van der Waals surface area contributed by atoms with Gasteiger partial charge < -0.3 is 10.6 Å². The number of nitrogens with zero attached hydrogens (tertiary/aromatic N) is 2. The van der Waals surface area contributed by atoms with E-state index in [0.717, 1.165) is 35.7 Å². The summed E-state index contributed by atoms with van der Waals surface area (Å²) in [6.07, 6.45) is 8.55. The third-order valence-corrected chi connectivity index (χ3v) is 4.47. The molecule has 112 valence electrons. The quantitative estimate of drug-likeness (QED) is 0.588. The van der Waals surface area contributed by atoms with Crippen molar-refractivity contribution in [3.8, 4) is 0 Å². The summed E-state index contributed by atoms with van der Waals surface area (Å²) in [4.78, 5) is 9.07. The van der Waals surface area contributed by atoms with E-state index < -0.39 is 0 Å². The fourth-order valence-electron chi connectivity index (χ4n) is 2.74. The van der Waals surface area contributed by atoms with E-state index in [1.165, 1.54) is 25.7 Å². The number of rotatable bonds is 7. The summed E-state index contributed by atoms with van der Waals surface area (Å²) in [5.74, 6) is 2.66. The Kier molecular flexibility index (Phi) is 5.95. The molecule has 2 rings (SSSR count). The summed E-state index contributed by atoms with van der Waals surface area (Å²) >= 11 is 1.59. The van der Waals surface area contributed by atoms with E-state index in [-0.39, 0.29) is 0 Å². The lowest BCUT2D eigenvalue weighted by Gasteiger charge is -2.21.